The number of carbonyl (C=O) groups excluding carboxylic acids is 2. The number of hydrogen-bond acceptors (Lipinski definition) is 4. The van der Waals surface area contributed by atoms with Crippen molar-refractivity contribution in [2.45, 2.75) is 39.2 Å². The van der Waals surface area contributed by atoms with Crippen LogP contribution in [0.15, 0.2) is 5.10 Å². The maximum Gasteiger partial charge on any atom is 0.326 e. The minimum atomic E-state index is -1.07. The average molecular weight is 269 g/mol. The number of hydrogen-bond donors (Lipinski definition) is 2. The first-order valence-corrected chi connectivity index (χ1v) is 6.19. The van der Waals surface area contributed by atoms with Crippen molar-refractivity contribution in [1.29, 1.82) is 0 Å². The number of carboxylic acids is 1. The number of hydrazone groups is 1. The maximum absolute atomic E-state index is 11.9. The van der Waals surface area contributed by atoms with Crippen LogP contribution in [-0.2, 0) is 14.4 Å². The Labute approximate surface area is 111 Å². The Morgan fingerprint density at radius 1 is 1.42 bits per heavy atom. The quantitative estimate of drug-likeness (QED) is 0.745. The summed E-state index contributed by atoms with van der Waals surface area (Å²) in [6.07, 6.45) is 0.802. The Hall–Kier alpha value is -1.92. The van der Waals surface area contributed by atoms with E-state index in [1.165, 1.54) is 7.05 Å². The summed E-state index contributed by atoms with van der Waals surface area (Å²) < 4.78 is 0. The predicted molar refractivity (Wildman–Crippen MR) is 68.5 cm³/mol. The van der Waals surface area contributed by atoms with E-state index in [1.807, 2.05) is 13.8 Å². The zero-order valence-electron chi connectivity index (χ0n) is 11.3. The lowest BCUT2D eigenvalue weighted by molar-refractivity contribution is -0.141. The molecule has 0 aromatic rings. The third-order valence-electron chi connectivity index (χ3n) is 2.78. The first-order chi connectivity index (χ1) is 8.81. The molecule has 1 aliphatic rings. The Morgan fingerprint density at radius 2 is 2.05 bits per heavy atom. The van der Waals surface area contributed by atoms with Gasteiger partial charge < -0.3 is 10.4 Å². The number of carbonyl (C=O) groups is 3. The number of nitrogens with one attached hydrogen (secondary N) is 1. The van der Waals surface area contributed by atoms with Crippen molar-refractivity contribution >= 4 is 23.5 Å². The van der Waals surface area contributed by atoms with Crippen LogP contribution in [0.5, 0.6) is 0 Å². The van der Waals surface area contributed by atoms with Crippen LogP contribution >= 0.6 is 0 Å². The van der Waals surface area contributed by atoms with Crippen molar-refractivity contribution in [2.24, 2.45) is 11.0 Å². The van der Waals surface area contributed by atoms with E-state index < -0.39 is 17.9 Å². The van der Waals surface area contributed by atoms with Crippen molar-refractivity contribution in [1.82, 2.24) is 10.3 Å². The van der Waals surface area contributed by atoms with Gasteiger partial charge in [0.05, 0.1) is 0 Å². The van der Waals surface area contributed by atoms with E-state index in [1.54, 1.807) is 0 Å². The van der Waals surface area contributed by atoms with Crippen molar-refractivity contribution in [3.05, 3.63) is 0 Å². The molecule has 0 saturated carbocycles. The largest absolute Gasteiger partial charge is 0.480 e. The summed E-state index contributed by atoms with van der Waals surface area (Å²) in [7, 11) is 1.47. The fourth-order valence-electron chi connectivity index (χ4n) is 1.77. The van der Waals surface area contributed by atoms with Gasteiger partial charge in [0.25, 0.3) is 5.91 Å². The number of aliphatic carboxylic acids is 1. The van der Waals surface area contributed by atoms with Crippen LogP contribution in [0.2, 0.25) is 0 Å². The Balaban J connectivity index is 2.70. The second-order valence-corrected chi connectivity index (χ2v) is 4.96. The monoisotopic (exact) mass is 269 g/mol. The van der Waals surface area contributed by atoms with Gasteiger partial charge >= 0.3 is 5.97 Å². The van der Waals surface area contributed by atoms with E-state index in [0.29, 0.717) is 6.42 Å². The highest BCUT2D eigenvalue weighted by molar-refractivity contribution is 6.39. The summed E-state index contributed by atoms with van der Waals surface area (Å²) in [5.74, 6) is -1.59. The van der Waals surface area contributed by atoms with Crippen molar-refractivity contribution < 1.29 is 19.5 Å². The smallest absolute Gasteiger partial charge is 0.326 e. The highest BCUT2D eigenvalue weighted by Gasteiger charge is 2.26. The average Bonchev–Trinajstić information content (AvgIpc) is 2.31. The first-order valence-electron chi connectivity index (χ1n) is 6.19. The molecule has 2 amide bonds. The molecule has 0 saturated heterocycles. The lowest BCUT2D eigenvalue weighted by Gasteiger charge is -2.21. The van der Waals surface area contributed by atoms with Crippen LogP contribution in [0.25, 0.3) is 0 Å². The van der Waals surface area contributed by atoms with Gasteiger partial charge in [-0.3, -0.25) is 9.59 Å². The number of nitrogens with zero attached hydrogens (tertiary/aromatic N) is 2. The molecule has 19 heavy (non-hydrogen) atoms. The number of carboxylic acid groups (broad SMARTS) is 1. The lowest BCUT2D eigenvalue weighted by atomic mass is 10.0. The molecule has 0 aliphatic carbocycles. The van der Waals surface area contributed by atoms with Crippen LogP contribution in [0.3, 0.4) is 0 Å². The van der Waals surface area contributed by atoms with E-state index in [4.69, 9.17) is 5.11 Å². The summed E-state index contributed by atoms with van der Waals surface area (Å²) in [4.78, 5) is 34.2. The topological polar surface area (TPSA) is 99.1 Å². The molecular weight excluding hydrogens is 250 g/mol. The summed E-state index contributed by atoms with van der Waals surface area (Å²) in [6, 6.07) is -0.932. The van der Waals surface area contributed by atoms with Crippen molar-refractivity contribution in [3.63, 3.8) is 0 Å². The molecule has 0 radical (unpaired) electrons. The molecule has 7 nitrogen and oxygen atoms in total. The van der Waals surface area contributed by atoms with Gasteiger partial charge in [0.2, 0.25) is 5.91 Å². The van der Waals surface area contributed by atoms with Gasteiger partial charge in [0, 0.05) is 19.9 Å². The fraction of sp³-hybridized carbons (Fsp3) is 0.667. The van der Waals surface area contributed by atoms with Crippen LogP contribution in [0.4, 0.5) is 0 Å². The first kappa shape index (κ1) is 15.1. The molecule has 0 bridgehead atoms. The summed E-state index contributed by atoms with van der Waals surface area (Å²) in [6.45, 7) is 3.76. The molecule has 7 heteroatoms. The van der Waals surface area contributed by atoms with Crippen LogP contribution in [0.1, 0.15) is 33.1 Å². The molecule has 0 unspecified atom stereocenters. The van der Waals surface area contributed by atoms with Crippen LogP contribution in [0, 0.1) is 5.92 Å². The lowest BCUT2D eigenvalue weighted by Crippen LogP contribution is -2.46. The standard InChI is InChI=1S/C12H19N3O4/c1-7(2)6-9(12(18)19)13-11(17)8-4-5-10(16)15(3)14-8/h7,9H,4-6H2,1-3H3,(H,13,17)(H,18,19)/t9-/m0/s1. The molecule has 0 aromatic heterocycles. The normalized spacial score (nSPS) is 17.2. The molecule has 0 aromatic carbocycles. The van der Waals surface area contributed by atoms with E-state index in [2.05, 4.69) is 10.4 Å². The number of amides is 2. The van der Waals surface area contributed by atoms with Gasteiger partial charge in [0.1, 0.15) is 11.8 Å². The number of rotatable bonds is 5. The molecular formula is C12H19N3O4. The Morgan fingerprint density at radius 3 is 2.53 bits per heavy atom. The van der Waals surface area contributed by atoms with Crippen molar-refractivity contribution in [2.75, 3.05) is 7.05 Å². The van der Waals surface area contributed by atoms with E-state index in [-0.39, 0.29) is 30.4 Å². The second-order valence-electron chi connectivity index (χ2n) is 4.96. The highest BCUT2D eigenvalue weighted by Crippen LogP contribution is 2.09. The van der Waals surface area contributed by atoms with Crippen LogP contribution in [-0.4, -0.2) is 46.7 Å². The van der Waals surface area contributed by atoms with Gasteiger partial charge in [-0.15, -0.1) is 0 Å². The van der Waals surface area contributed by atoms with Crippen molar-refractivity contribution in [3.8, 4) is 0 Å². The van der Waals surface area contributed by atoms with Gasteiger partial charge in [-0.05, 0) is 12.3 Å². The second kappa shape index (κ2) is 6.31. The maximum atomic E-state index is 11.9. The van der Waals surface area contributed by atoms with Gasteiger partial charge in [-0.1, -0.05) is 13.8 Å². The minimum absolute atomic E-state index is 0.152. The molecule has 1 heterocycles. The fourth-order valence-corrected chi connectivity index (χ4v) is 1.77. The molecule has 1 rings (SSSR count). The predicted octanol–water partition coefficient (Wildman–Crippen LogP) is 0.210. The molecule has 2 N–H and O–H groups in total. The Bertz CT molecular complexity index is 417. The zero-order valence-corrected chi connectivity index (χ0v) is 11.3. The molecule has 0 fully saturated rings. The SMILES string of the molecule is CC(C)C[C@H](NC(=O)C1=NN(C)C(=O)CC1)C(=O)O. The van der Waals surface area contributed by atoms with Gasteiger partial charge in [0.15, 0.2) is 0 Å². The third-order valence-corrected chi connectivity index (χ3v) is 2.78. The minimum Gasteiger partial charge on any atom is -0.480 e. The molecule has 1 aliphatic heterocycles. The third kappa shape index (κ3) is 4.35. The van der Waals surface area contributed by atoms with E-state index in [9.17, 15) is 14.4 Å². The molecule has 1 atom stereocenters. The highest BCUT2D eigenvalue weighted by atomic mass is 16.4. The Kier molecular flexibility index (Phi) is 5.02. The molecule has 0 spiro atoms. The summed E-state index contributed by atoms with van der Waals surface area (Å²) in [5.41, 5.74) is 0.192. The zero-order chi connectivity index (χ0) is 14.6. The van der Waals surface area contributed by atoms with E-state index in [0.717, 1.165) is 5.01 Å². The summed E-state index contributed by atoms with van der Waals surface area (Å²) >= 11 is 0. The van der Waals surface area contributed by atoms with Gasteiger partial charge in [-0.25, -0.2) is 9.80 Å². The summed E-state index contributed by atoms with van der Waals surface area (Å²) in [5, 5.41) is 16.4. The molecule has 106 valence electrons. The van der Waals surface area contributed by atoms with Crippen LogP contribution < -0.4 is 5.32 Å². The van der Waals surface area contributed by atoms with E-state index >= 15 is 0 Å². The van der Waals surface area contributed by atoms with Gasteiger partial charge in [-0.2, -0.15) is 5.10 Å².